The van der Waals surface area contributed by atoms with E-state index in [4.69, 9.17) is 22.2 Å². The highest BCUT2D eigenvalue weighted by molar-refractivity contribution is 6.30. The van der Waals surface area contributed by atoms with Crippen molar-refractivity contribution in [3.05, 3.63) is 64.4 Å². The molecule has 2 rings (SSSR count). The molecule has 3 N–H and O–H groups in total. The number of hydrazine groups is 1. The van der Waals surface area contributed by atoms with Crippen LogP contribution in [0.4, 0.5) is 4.39 Å². The Morgan fingerprint density at radius 2 is 1.95 bits per heavy atom. The average molecular weight is 295 g/mol. The summed E-state index contributed by atoms with van der Waals surface area (Å²) in [6.45, 7) is 0. The molecular weight excluding hydrogens is 279 g/mol. The maximum atomic E-state index is 13.9. The van der Waals surface area contributed by atoms with Crippen LogP contribution >= 0.6 is 11.6 Å². The number of hydrogen-bond donors (Lipinski definition) is 2. The van der Waals surface area contributed by atoms with E-state index in [9.17, 15) is 4.39 Å². The van der Waals surface area contributed by atoms with Crippen LogP contribution in [-0.4, -0.2) is 7.11 Å². The lowest BCUT2D eigenvalue weighted by atomic mass is 9.99. The molecule has 1 atom stereocenters. The standard InChI is InChI=1S/C15H16ClFN2O/c1-20-12-7-5-10(6-8-12)14(19-18)9-11-3-2-4-13(16)15(11)17/h2-8,14,19H,9,18H2,1H3. The Hall–Kier alpha value is -1.62. The van der Waals surface area contributed by atoms with Crippen molar-refractivity contribution in [2.75, 3.05) is 7.11 Å². The minimum atomic E-state index is -0.400. The van der Waals surface area contributed by atoms with Crippen LogP contribution in [0.15, 0.2) is 42.5 Å². The lowest BCUT2D eigenvalue weighted by molar-refractivity contribution is 0.414. The first kappa shape index (κ1) is 14.8. The van der Waals surface area contributed by atoms with E-state index in [1.54, 1.807) is 19.2 Å². The molecule has 0 aliphatic rings. The predicted octanol–water partition coefficient (Wildman–Crippen LogP) is 3.23. The van der Waals surface area contributed by atoms with Crippen LogP contribution in [-0.2, 0) is 6.42 Å². The maximum absolute atomic E-state index is 13.9. The molecule has 1 unspecified atom stereocenters. The molecule has 0 radical (unpaired) electrons. The molecule has 0 saturated carbocycles. The molecular formula is C15H16ClFN2O. The van der Waals surface area contributed by atoms with Crippen molar-refractivity contribution in [3.8, 4) is 5.75 Å². The van der Waals surface area contributed by atoms with Gasteiger partial charge in [0, 0.05) is 0 Å². The molecule has 0 saturated heterocycles. The van der Waals surface area contributed by atoms with Gasteiger partial charge in [0.1, 0.15) is 11.6 Å². The molecule has 2 aromatic carbocycles. The van der Waals surface area contributed by atoms with E-state index in [0.717, 1.165) is 11.3 Å². The third-order valence-corrected chi connectivity index (χ3v) is 3.47. The summed E-state index contributed by atoms with van der Waals surface area (Å²) in [4.78, 5) is 0. The average Bonchev–Trinajstić information content (AvgIpc) is 2.49. The molecule has 0 fully saturated rings. The molecule has 5 heteroatoms. The number of nitrogens with two attached hydrogens (primary N) is 1. The largest absolute Gasteiger partial charge is 0.497 e. The van der Waals surface area contributed by atoms with Gasteiger partial charge in [0.15, 0.2) is 0 Å². The summed E-state index contributed by atoms with van der Waals surface area (Å²) in [7, 11) is 1.61. The maximum Gasteiger partial charge on any atom is 0.145 e. The van der Waals surface area contributed by atoms with Crippen LogP contribution in [0.25, 0.3) is 0 Å². The first-order valence-electron chi connectivity index (χ1n) is 6.18. The molecule has 0 bridgehead atoms. The van der Waals surface area contributed by atoms with Gasteiger partial charge in [-0.3, -0.25) is 11.3 Å². The lowest BCUT2D eigenvalue weighted by Crippen LogP contribution is -2.29. The predicted molar refractivity (Wildman–Crippen MR) is 78.2 cm³/mol. The second-order valence-corrected chi connectivity index (χ2v) is 4.82. The molecule has 106 valence electrons. The Balaban J connectivity index is 2.21. The molecule has 3 nitrogen and oxygen atoms in total. The van der Waals surface area contributed by atoms with Gasteiger partial charge >= 0.3 is 0 Å². The van der Waals surface area contributed by atoms with E-state index in [-0.39, 0.29) is 11.1 Å². The number of benzene rings is 2. The van der Waals surface area contributed by atoms with Gasteiger partial charge in [-0.15, -0.1) is 0 Å². The normalized spacial score (nSPS) is 12.2. The second-order valence-electron chi connectivity index (χ2n) is 4.41. The summed E-state index contributed by atoms with van der Waals surface area (Å²) in [5.41, 5.74) is 4.18. The van der Waals surface area contributed by atoms with Crippen molar-refractivity contribution >= 4 is 11.6 Å². The third-order valence-electron chi connectivity index (χ3n) is 3.17. The fourth-order valence-corrected chi connectivity index (χ4v) is 2.23. The smallest absolute Gasteiger partial charge is 0.145 e. The minimum Gasteiger partial charge on any atom is -0.497 e. The number of nitrogens with one attached hydrogen (secondary N) is 1. The summed E-state index contributed by atoms with van der Waals surface area (Å²) in [6.07, 6.45) is 0.412. The Kier molecular flexibility index (Phi) is 4.95. The highest BCUT2D eigenvalue weighted by Crippen LogP contribution is 2.24. The summed E-state index contributed by atoms with van der Waals surface area (Å²) in [5, 5.41) is 0.119. The van der Waals surface area contributed by atoms with E-state index in [0.29, 0.717) is 12.0 Å². The summed E-state index contributed by atoms with van der Waals surface area (Å²) in [5.74, 6) is 5.94. The fraction of sp³-hybridized carbons (Fsp3) is 0.200. The van der Waals surface area contributed by atoms with Crippen LogP contribution in [0.3, 0.4) is 0 Å². The van der Waals surface area contributed by atoms with E-state index in [1.807, 2.05) is 24.3 Å². The molecule has 2 aromatic rings. The molecule has 0 amide bonds. The number of halogens is 2. The van der Waals surface area contributed by atoms with Gasteiger partial charge in [-0.1, -0.05) is 35.9 Å². The summed E-state index contributed by atoms with van der Waals surface area (Å²) < 4.78 is 19.0. The Morgan fingerprint density at radius 1 is 1.25 bits per heavy atom. The number of rotatable bonds is 5. The van der Waals surface area contributed by atoms with Gasteiger partial charge in [0.2, 0.25) is 0 Å². The van der Waals surface area contributed by atoms with E-state index in [1.165, 1.54) is 6.07 Å². The van der Waals surface area contributed by atoms with Gasteiger partial charge in [-0.25, -0.2) is 4.39 Å². The monoisotopic (exact) mass is 294 g/mol. The summed E-state index contributed by atoms with van der Waals surface area (Å²) >= 11 is 5.78. The highest BCUT2D eigenvalue weighted by Gasteiger charge is 2.14. The topological polar surface area (TPSA) is 47.3 Å². The third kappa shape index (κ3) is 3.28. The highest BCUT2D eigenvalue weighted by atomic mass is 35.5. The SMILES string of the molecule is COc1ccc(C(Cc2cccc(Cl)c2F)NN)cc1. The molecule has 0 spiro atoms. The van der Waals surface area contributed by atoms with Gasteiger partial charge < -0.3 is 4.74 Å². The zero-order chi connectivity index (χ0) is 14.5. The number of methoxy groups -OCH3 is 1. The first-order chi connectivity index (χ1) is 9.65. The van der Waals surface area contributed by atoms with Crippen molar-refractivity contribution < 1.29 is 9.13 Å². The number of hydrogen-bond acceptors (Lipinski definition) is 3. The van der Waals surface area contributed by atoms with Crippen LogP contribution in [0.2, 0.25) is 5.02 Å². The zero-order valence-corrected chi connectivity index (χ0v) is 11.8. The van der Waals surface area contributed by atoms with Crippen molar-refractivity contribution in [2.24, 2.45) is 5.84 Å². The van der Waals surface area contributed by atoms with Crippen LogP contribution in [0, 0.1) is 5.82 Å². The minimum absolute atomic E-state index is 0.119. The van der Waals surface area contributed by atoms with Gasteiger partial charge in [-0.2, -0.15) is 0 Å². The molecule has 0 heterocycles. The van der Waals surface area contributed by atoms with Crippen molar-refractivity contribution in [2.45, 2.75) is 12.5 Å². The zero-order valence-electron chi connectivity index (χ0n) is 11.1. The van der Waals surface area contributed by atoms with E-state index < -0.39 is 5.82 Å². The molecule has 20 heavy (non-hydrogen) atoms. The Bertz CT molecular complexity index is 575. The Labute approximate surface area is 122 Å². The van der Waals surface area contributed by atoms with E-state index >= 15 is 0 Å². The van der Waals surface area contributed by atoms with Crippen molar-refractivity contribution in [1.29, 1.82) is 0 Å². The summed E-state index contributed by atoms with van der Waals surface area (Å²) in [6, 6.07) is 12.2. The van der Waals surface area contributed by atoms with Crippen LogP contribution in [0.1, 0.15) is 17.2 Å². The first-order valence-corrected chi connectivity index (χ1v) is 6.56. The molecule has 0 aromatic heterocycles. The van der Waals surface area contributed by atoms with Crippen molar-refractivity contribution in [1.82, 2.24) is 5.43 Å². The quantitative estimate of drug-likeness (QED) is 0.657. The number of ether oxygens (including phenoxy) is 1. The van der Waals surface area contributed by atoms with Crippen molar-refractivity contribution in [3.63, 3.8) is 0 Å². The fourth-order valence-electron chi connectivity index (χ4n) is 2.04. The Morgan fingerprint density at radius 3 is 2.55 bits per heavy atom. The molecule has 0 aliphatic carbocycles. The van der Waals surface area contributed by atoms with Crippen LogP contribution in [0.5, 0.6) is 5.75 Å². The molecule has 0 aliphatic heterocycles. The van der Waals surface area contributed by atoms with E-state index in [2.05, 4.69) is 5.43 Å². The lowest BCUT2D eigenvalue weighted by Gasteiger charge is -2.17. The second kappa shape index (κ2) is 6.70. The van der Waals surface area contributed by atoms with Gasteiger partial charge in [-0.05, 0) is 35.7 Å². The van der Waals surface area contributed by atoms with Gasteiger partial charge in [0.05, 0.1) is 18.2 Å². The van der Waals surface area contributed by atoms with Gasteiger partial charge in [0.25, 0.3) is 0 Å². The van der Waals surface area contributed by atoms with Crippen LogP contribution < -0.4 is 16.0 Å².